The van der Waals surface area contributed by atoms with Gasteiger partial charge in [0, 0.05) is 6.54 Å². The lowest BCUT2D eigenvalue weighted by Gasteiger charge is -2.23. The van der Waals surface area contributed by atoms with Crippen LogP contribution in [-0.4, -0.2) is 53.6 Å². The molecule has 0 saturated heterocycles. The van der Waals surface area contributed by atoms with Crippen LogP contribution in [0.15, 0.2) is 24.3 Å². The predicted octanol–water partition coefficient (Wildman–Crippen LogP) is 10.9. The molecule has 8 N–H and O–H groups in total. The minimum absolute atomic E-state index is 0.166. The Morgan fingerprint density at radius 2 is 1.00 bits per heavy atom. The Hall–Kier alpha value is -2.88. The van der Waals surface area contributed by atoms with Crippen LogP contribution in [0, 0.1) is 5.41 Å². The van der Waals surface area contributed by atoms with Crippen LogP contribution >= 0.6 is 0 Å². The number of carboxylic acids is 1. The normalized spacial score (nSPS) is 13.2. The topological polar surface area (TPSA) is 181 Å². The first-order valence-corrected chi connectivity index (χ1v) is 23.1. The van der Waals surface area contributed by atoms with Crippen molar-refractivity contribution in [2.24, 2.45) is 11.5 Å². The van der Waals surface area contributed by atoms with Crippen molar-refractivity contribution in [3.05, 3.63) is 24.3 Å². The van der Waals surface area contributed by atoms with Crippen LogP contribution in [0.25, 0.3) is 0 Å². The fraction of sp³-hybridized carbons (Fsp3) is 0.826. The van der Waals surface area contributed by atoms with E-state index in [1.54, 1.807) is 0 Å². The average molecular weight is 790 g/mol. The molecule has 0 aliphatic rings. The number of allylic oxidation sites excluding steroid dienone is 4. The molecule has 0 spiro atoms. The Kier molecular flexibility index (Phi) is 38.2. The number of ether oxygens (including phenoxy) is 1. The molecule has 0 bridgehead atoms. The molecule has 0 aliphatic carbocycles. The molecule has 0 heterocycles. The summed E-state index contributed by atoms with van der Waals surface area (Å²) in [5, 5.41) is 21.9. The van der Waals surface area contributed by atoms with Crippen LogP contribution in [-0.2, 0) is 19.1 Å². The van der Waals surface area contributed by atoms with E-state index in [0.717, 1.165) is 64.2 Å². The summed E-state index contributed by atoms with van der Waals surface area (Å²) in [5.74, 6) is -2.68. The lowest BCUT2D eigenvalue weighted by Crippen LogP contribution is -2.50. The lowest BCUT2D eigenvalue weighted by atomic mass is 10.0. The van der Waals surface area contributed by atoms with Gasteiger partial charge in [0.15, 0.2) is 5.96 Å². The molecule has 0 aromatic rings. The van der Waals surface area contributed by atoms with E-state index in [2.05, 4.69) is 48.8 Å². The van der Waals surface area contributed by atoms with Gasteiger partial charge in [0.2, 0.25) is 5.91 Å². The highest BCUT2D eigenvalue weighted by molar-refractivity contribution is 5.89. The maximum Gasteiger partial charge on any atom is 0.329 e. The number of nitrogens with one attached hydrogen (secondary N) is 3. The number of carbonyl (C=O) groups is 3. The molecule has 1 amide bonds. The Labute approximate surface area is 343 Å². The Morgan fingerprint density at radius 1 is 0.607 bits per heavy atom. The van der Waals surface area contributed by atoms with E-state index < -0.39 is 36.4 Å². The fourth-order valence-corrected chi connectivity index (χ4v) is 6.89. The Bertz CT molecular complexity index is 1020. The van der Waals surface area contributed by atoms with Gasteiger partial charge in [-0.05, 0) is 89.9 Å². The largest absolute Gasteiger partial charge is 0.481 e. The zero-order valence-electron chi connectivity index (χ0n) is 36.1. The fourth-order valence-electron chi connectivity index (χ4n) is 6.89. The van der Waals surface area contributed by atoms with E-state index in [1.807, 2.05) is 0 Å². The van der Waals surface area contributed by atoms with Gasteiger partial charge < -0.3 is 31.9 Å². The first-order chi connectivity index (χ1) is 27.2. The Balaban J connectivity index is 4.76. The molecular formula is C46H87N5O5. The van der Waals surface area contributed by atoms with Gasteiger partial charge in [-0.15, -0.1) is 0 Å². The van der Waals surface area contributed by atoms with Crippen molar-refractivity contribution in [3.63, 3.8) is 0 Å². The van der Waals surface area contributed by atoms with Crippen molar-refractivity contribution in [3.8, 4) is 0 Å². The molecule has 326 valence electrons. The van der Waals surface area contributed by atoms with Crippen LogP contribution in [0.5, 0.6) is 0 Å². The number of hydrogen-bond donors (Lipinski definition) is 6. The third-order valence-electron chi connectivity index (χ3n) is 10.4. The summed E-state index contributed by atoms with van der Waals surface area (Å²) < 4.78 is 5.94. The second-order valence-corrected chi connectivity index (χ2v) is 15.9. The van der Waals surface area contributed by atoms with Crippen LogP contribution in [0.2, 0.25) is 0 Å². The number of hydrogen-bond acceptors (Lipinski definition) is 6. The number of nitrogens with two attached hydrogens (primary N) is 2. The molecule has 0 aromatic heterocycles. The maximum absolute atomic E-state index is 13.3. The smallest absolute Gasteiger partial charge is 0.329 e. The highest BCUT2D eigenvalue weighted by Gasteiger charge is 2.29. The summed E-state index contributed by atoms with van der Waals surface area (Å²) >= 11 is 0. The number of esters is 1. The number of amides is 1. The molecule has 10 heteroatoms. The van der Waals surface area contributed by atoms with Crippen LogP contribution in [0.4, 0.5) is 0 Å². The summed E-state index contributed by atoms with van der Waals surface area (Å²) in [6.45, 7) is 4.89. The second kappa shape index (κ2) is 40.3. The average Bonchev–Trinajstić information content (AvgIpc) is 3.16. The quantitative estimate of drug-likeness (QED) is 0.0116. The first-order valence-electron chi connectivity index (χ1n) is 23.1. The molecule has 0 rings (SSSR count). The molecular weight excluding hydrogens is 703 g/mol. The zero-order valence-corrected chi connectivity index (χ0v) is 36.1. The molecule has 10 nitrogen and oxygen atoms in total. The van der Waals surface area contributed by atoms with Gasteiger partial charge >= 0.3 is 11.9 Å². The lowest BCUT2D eigenvalue weighted by molar-refractivity contribution is -0.156. The summed E-state index contributed by atoms with van der Waals surface area (Å²) in [4.78, 5) is 37.8. The highest BCUT2D eigenvalue weighted by Crippen LogP contribution is 2.19. The summed E-state index contributed by atoms with van der Waals surface area (Å²) in [6.07, 6.45) is 43.7. The van der Waals surface area contributed by atoms with E-state index in [1.165, 1.54) is 122 Å². The molecule has 0 aromatic carbocycles. The number of carboxylic acid groups (broad SMARTS) is 1. The van der Waals surface area contributed by atoms with Gasteiger partial charge in [0.05, 0.1) is 12.5 Å². The summed E-state index contributed by atoms with van der Waals surface area (Å²) in [6, 6.07) is -2.24. The van der Waals surface area contributed by atoms with Gasteiger partial charge in [-0.25, -0.2) is 4.79 Å². The molecule has 0 aliphatic heterocycles. The minimum atomic E-state index is -1.31. The molecule has 56 heavy (non-hydrogen) atoms. The van der Waals surface area contributed by atoms with Crippen molar-refractivity contribution >= 4 is 23.8 Å². The van der Waals surface area contributed by atoms with Crippen molar-refractivity contribution in [2.75, 3.05) is 6.54 Å². The molecule has 0 radical (unpaired) electrons. The summed E-state index contributed by atoms with van der Waals surface area (Å²) in [7, 11) is 0. The molecule has 3 unspecified atom stereocenters. The number of rotatable bonds is 41. The third kappa shape index (κ3) is 36.7. The van der Waals surface area contributed by atoms with Crippen molar-refractivity contribution in [2.45, 2.75) is 238 Å². The van der Waals surface area contributed by atoms with E-state index in [0.29, 0.717) is 13.0 Å². The van der Waals surface area contributed by atoms with Gasteiger partial charge in [-0.3, -0.25) is 15.0 Å². The van der Waals surface area contributed by atoms with Crippen molar-refractivity contribution in [1.29, 1.82) is 5.41 Å². The van der Waals surface area contributed by atoms with Crippen LogP contribution in [0.3, 0.4) is 0 Å². The SMILES string of the molecule is CCCCCCCC/C=C\CCCCCCCCC(CCCCCCC/C=C\CCCCCCCC)OC(=O)C(CC(=O)O)NC(=O)C(N)CCCNC(=N)N. The number of guanidine groups is 1. The first kappa shape index (κ1) is 53.1. The maximum atomic E-state index is 13.3. The molecule has 3 atom stereocenters. The number of unbranched alkanes of at least 4 members (excludes halogenated alkanes) is 23. The molecule has 0 fully saturated rings. The van der Waals surface area contributed by atoms with E-state index >= 15 is 0 Å². The summed E-state index contributed by atoms with van der Waals surface area (Å²) in [5.41, 5.74) is 11.3. The highest BCUT2D eigenvalue weighted by atomic mass is 16.5. The number of carbonyl (C=O) groups excluding carboxylic acids is 2. The van der Waals surface area contributed by atoms with Crippen molar-refractivity contribution < 1.29 is 24.2 Å². The number of aliphatic carboxylic acids is 1. The monoisotopic (exact) mass is 790 g/mol. The van der Waals surface area contributed by atoms with Crippen molar-refractivity contribution in [1.82, 2.24) is 10.6 Å². The predicted molar refractivity (Wildman–Crippen MR) is 235 cm³/mol. The van der Waals surface area contributed by atoms with Gasteiger partial charge in [0.1, 0.15) is 12.1 Å². The zero-order chi connectivity index (χ0) is 41.3. The minimum Gasteiger partial charge on any atom is -0.481 e. The van der Waals surface area contributed by atoms with E-state index in [9.17, 15) is 19.5 Å². The van der Waals surface area contributed by atoms with Gasteiger partial charge in [0.25, 0.3) is 0 Å². The molecule has 0 saturated carbocycles. The van der Waals surface area contributed by atoms with E-state index in [4.69, 9.17) is 21.6 Å². The Morgan fingerprint density at radius 3 is 1.39 bits per heavy atom. The second-order valence-electron chi connectivity index (χ2n) is 15.9. The van der Waals surface area contributed by atoms with Crippen LogP contribution in [0.1, 0.15) is 219 Å². The van der Waals surface area contributed by atoms with E-state index in [-0.39, 0.29) is 18.5 Å². The van der Waals surface area contributed by atoms with Gasteiger partial charge in [-0.2, -0.15) is 0 Å². The van der Waals surface area contributed by atoms with Gasteiger partial charge in [-0.1, -0.05) is 147 Å². The standard InChI is InChI=1S/C46H87N5O5/c1-3-5-7-9-11-13-15-17-19-21-23-25-27-29-31-33-36-40(35-32-30-28-26-24-22-20-18-16-14-12-10-8-6-4-2)56-45(55)42(39-43(52)53)51-44(54)41(47)37-34-38-50-46(48)49/h17-20,40-42H,3-16,21-39,47H2,1-2H3,(H,51,54)(H,52,53)(H4,48,49,50)/b19-17-,20-18-. The van der Waals surface area contributed by atoms with Crippen LogP contribution < -0.4 is 22.1 Å². The third-order valence-corrected chi connectivity index (χ3v) is 10.4.